The van der Waals surface area contributed by atoms with Crippen LogP contribution in [0, 0.1) is 12.8 Å². The normalized spacial score (nSPS) is 23.2. The Morgan fingerprint density at radius 1 is 1.35 bits per heavy atom. The maximum Gasteiger partial charge on any atom is 0.130 e. The number of aryl methyl sites for hydroxylation is 1. The molecule has 1 aliphatic heterocycles. The molecule has 0 radical (unpaired) electrons. The summed E-state index contributed by atoms with van der Waals surface area (Å²) in [6.07, 6.45) is 2.11. The van der Waals surface area contributed by atoms with Crippen molar-refractivity contribution >= 4 is 10.9 Å². The molecule has 0 bridgehead atoms. The number of hydrogen-bond donors (Lipinski definition) is 2. The van der Waals surface area contributed by atoms with Crippen LogP contribution >= 0.6 is 0 Å². The third-order valence-electron chi connectivity index (χ3n) is 5.54. The summed E-state index contributed by atoms with van der Waals surface area (Å²) >= 11 is 0. The van der Waals surface area contributed by atoms with Crippen molar-refractivity contribution < 1.29 is 14.7 Å². The van der Waals surface area contributed by atoms with Gasteiger partial charge in [0, 0.05) is 29.2 Å². The topological polar surface area (TPSA) is 38.8 Å². The van der Waals surface area contributed by atoms with Crippen LogP contribution < -0.4 is 9.64 Å². The third-order valence-corrected chi connectivity index (χ3v) is 5.54. The van der Waals surface area contributed by atoms with Crippen LogP contribution in [0.15, 0.2) is 18.2 Å². The van der Waals surface area contributed by atoms with Crippen molar-refractivity contribution in [2.24, 2.45) is 13.0 Å². The van der Waals surface area contributed by atoms with Crippen LogP contribution in [-0.2, 0) is 7.05 Å². The van der Waals surface area contributed by atoms with Crippen molar-refractivity contribution in [1.82, 2.24) is 4.57 Å². The molecule has 1 aromatic carbocycles. The van der Waals surface area contributed by atoms with Gasteiger partial charge in [-0.25, -0.2) is 0 Å². The number of piperidine rings is 1. The van der Waals surface area contributed by atoms with E-state index in [4.69, 9.17) is 4.74 Å². The van der Waals surface area contributed by atoms with E-state index in [2.05, 4.69) is 37.6 Å². The van der Waals surface area contributed by atoms with E-state index in [0.717, 1.165) is 40.4 Å². The molecule has 2 heterocycles. The smallest absolute Gasteiger partial charge is 0.130 e. The van der Waals surface area contributed by atoms with Crippen molar-refractivity contribution in [3.05, 3.63) is 29.5 Å². The molecule has 23 heavy (non-hydrogen) atoms. The average molecular weight is 317 g/mol. The molecule has 1 atom stereocenters. The number of ether oxygens (including phenoxy) is 1. The Morgan fingerprint density at radius 2 is 2.04 bits per heavy atom. The molecule has 3 rings (SSSR count). The van der Waals surface area contributed by atoms with Crippen molar-refractivity contribution in [3.8, 4) is 5.75 Å². The number of quaternary nitrogens is 1. The lowest BCUT2D eigenvalue weighted by atomic mass is 9.98. The first-order valence-electron chi connectivity index (χ1n) is 8.65. The zero-order chi connectivity index (χ0) is 16.6. The largest absolute Gasteiger partial charge is 0.497 e. The zero-order valence-electron chi connectivity index (χ0n) is 14.7. The number of aliphatic hydroxyl groups excluding tert-OH is 1. The van der Waals surface area contributed by atoms with Gasteiger partial charge in [0.25, 0.3) is 0 Å². The van der Waals surface area contributed by atoms with Crippen LogP contribution in [0.25, 0.3) is 10.9 Å². The van der Waals surface area contributed by atoms with Crippen molar-refractivity contribution in [2.45, 2.75) is 32.8 Å². The number of benzene rings is 1. The summed E-state index contributed by atoms with van der Waals surface area (Å²) in [6.45, 7) is 7.56. The molecule has 0 aliphatic carbocycles. The molecule has 2 N–H and O–H groups in total. The van der Waals surface area contributed by atoms with Gasteiger partial charge in [-0.1, -0.05) is 6.92 Å². The number of nitrogens with one attached hydrogen (secondary N) is 1. The second-order valence-electron chi connectivity index (χ2n) is 7.09. The first-order chi connectivity index (χ1) is 11.0. The van der Waals surface area contributed by atoms with Crippen molar-refractivity contribution in [2.75, 3.05) is 26.7 Å². The predicted molar refractivity (Wildman–Crippen MR) is 93.1 cm³/mol. The Morgan fingerprint density at radius 3 is 2.70 bits per heavy atom. The van der Waals surface area contributed by atoms with E-state index >= 15 is 0 Å². The van der Waals surface area contributed by atoms with Crippen molar-refractivity contribution in [3.63, 3.8) is 0 Å². The summed E-state index contributed by atoms with van der Waals surface area (Å²) in [5.74, 6) is 1.68. The molecule has 2 aromatic rings. The van der Waals surface area contributed by atoms with E-state index in [1.54, 1.807) is 7.11 Å². The molecule has 0 saturated carbocycles. The summed E-state index contributed by atoms with van der Waals surface area (Å²) in [6, 6.07) is 6.11. The maximum absolute atomic E-state index is 10.9. The molecule has 0 spiro atoms. The molecule has 1 aliphatic rings. The molecule has 0 amide bonds. The zero-order valence-corrected chi connectivity index (χ0v) is 14.7. The van der Waals surface area contributed by atoms with Gasteiger partial charge >= 0.3 is 0 Å². The predicted octanol–water partition coefficient (Wildman–Crippen LogP) is 1.84. The molecular formula is C19H29N2O2+. The van der Waals surface area contributed by atoms with Crippen LogP contribution in [0.2, 0.25) is 0 Å². The van der Waals surface area contributed by atoms with Gasteiger partial charge in [0.15, 0.2) is 0 Å². The molecule has 1 saturated heterocycles. The minimum Gasteiger partial charge on any atom is -0.497 e. The van der Waals surface area contributed by atoms with Gasteiger partial charge in [-0.15, -0.1) is 0 Å². The maximum atomic E-state index is 10.9. The number of hydrogen-bond acceptors (Lipinski definition) is 2. The fraction of sp³-hybridized carbons (Fsp3) is 0.579. The lowest BCUT2D eigenvalue weighted by molar-refractivity contribution is -0.909. The van der Waals surface area contributed by atoms with Gasteiger partial charge < -0.3 is 19.3 Å². The number of nitrogens with zero attached hydrogens (tertiary/aromatic N) is 1. The van der Waals surface area contributed by atoms with Gasteiger partial charge in [-0.3, -0.25) is 0 Å². The van der Waals surface area contributed by atoms with E-state index in [0.29, 0.717) is 0 Å². The van der Waals surface area contributed by atoms with Crippen LogP contribution in [0.5, 0.6) is 5.75 Å². The van der Waals surface area contributed by atoms with E-state index in [1.165, 1.54) is 30.8 Å². The van der Waals surface area contributed by atoms with E-state index in [9.17, 15) is 5.11 Å². The number of methoxy groups -OCH3 is 1. The molecular weight excluding hydrogens is 288 g/mol. The van der Waals surface area contributed by atoms with Crippen molar-refractivity contribution in [1.29, 1.82) is 0 Å². The standard InChI is InChI=1S/C19H28N2O2/c1-13-7-9-21(10-8-13)12-18(22)19-14(2)20(3)17-6-5-15(23-4)11-16(17)19/h5-6,11,13,18,22H,7-10,12H2,1-4H3/p+1/t18-/m1/s1. The summed E-state index contributed by atoms with van der Waals surface area (Å²) < 4.78 is 7.54. The molecule has 4 nitrogen and oxygen atoms in total. The summed E-state index contributed by atoms with van der Waals surface area (Å²) in [7, 11) is 3.75. The lowest BCUT2D eigenvalue weighted by Crippen LogP contribution is -3.13. The quantitative estimate of drug-likeness (QED) is 0.903. The highest BCUT2D eigenvalue weighted by atomic mass is 16.5. The number of aromatic nitrogens is 1. The Hall–Kier alpha value is -1.52. The summed E-state index contributed by atoms with van der Waals surface area (Å²) in [5.41, 5.74) is 3.36. The minimum absolute atomic E-state index is 0.422. The van der Waals surface area contributed by atoms with E-state index < -0.39 is 6.10 Å². The molecule has 1 aromatic heterocycles. The number of fused-ring (bicyclic) bond motifs is 1. The first kappa shape index (κ1) is 16.3. The third kappa shape index (κ3) is 3.10. The van der Waals surface area contributed by atoms with E-state index in [-0.39, 0.29) is 0 Å². The van der Waals surface area contributed by atoms with E-state index in [1.807, 2.05) is 6.07 Å². The van der Waals surface area contributed by atoms with Crippen LogP contribution in [0.1, 0.15) is 37.1 Å². The SMILES string of the molecule is COc1ccc2c(c1)c([C@H](O)C[NH+]1CCC(C)CC1)c(C)n2C. The van der Waals surface area contributed by atoms with Crippen LogP contribution in [-0.4, -0.2) is 36.4 Å². The highest BCUT2D eigenvalue weighted by Crippen LogP contribution is 2.32. The van der Waals surface area contributed by atoms with Gasteiger partial charge in [0.1, 0.15) is 18.4 Å². The number of rotatable bonds is 4. The van der Waals surface area contributed by atoms with Gasteiger partial charge in [-0.2, -0.15) is 0 Å². The highest BCUT2D eigenvalue weighted by Gasteiger charge is 2.26. The molecule has 4 heteroatoms. The number of likely N-dealkylation sites (tertiary alicyclic amines) is 1. The van der Waals surface area contributed by atoms with Crippen LogP contribution in [0.4, 0.5) is 0 Å². The van der Waals surface area contributed by atoms with Gasteiger partial charge in [0.05, 0.1) is 20.2 Å². The average Bonchev–Trinajstić information content (AvgIpc) is 2.80. The Balaban J connectivity index is 1.90. The summed E-state index contributed by atoms with van der Waals surface area (Å²) in [5, 5.41) is 12.0. The fourth-order valence-corrected chi connectivity index (χ4v) is 3.88. The molecule has 1 fully saturated rings. The van der Waals surface area contributed by atoms with Gasteiger partial charge in [-0.05, 0) is 43.9 Å². The number of aliphatic hydroxyl groups is 1. The Bertz CT molecular complexity index is 684. The monoisotopic (exact) mass is 317 g/mol. The minimum atomic E-state index is -0.422. The Kier molecular flexibility index (Phi) is 4.64. The van der Waals surface area contributed by atoms with Crippen LogP contribution in [0.3, 0.4) is 0 Å². The Labute approximate surface area is 138 Å². The molecule has 0 unspecified atom stereocenters. The lowest BCUT2D eigenvalue weighted by Gasteiger charge is -2.29. The van der Waals surface area contributed by atoms with Gasteiger partial charge in [0.2, 0.25) is 0 Å². The molecule has 126 valence electrons. The fourth-order valence-electron chi connectivity index (χ4n) is 3.88. The first-order valence-corrected chi connectivity index (χ1v) is 8.65. The second kappa shape index (κ2) is 6.54. The second-order valence-corrected chi connectivity index (χ2v) is 7.09. The summed E-state index contributed by atoms with van der Waals surface area (Å²) in [4.78, 5) is 1.52. The highest BCUT2D eigenvalue weighted by molar-refractivity contribution is 5.87.